The van der Waals surface area contributed by atoms with E-state index in [2.05, 4.69) is 10.3 Å². The number of aryl methyl sites for hydroxylation is 1. The van der Waals surface area contributed by atoms with Gasteiger partial charge in [0.2, 0.25) is 5.91 Å². The Labute approximate surface area is 175 Å². The van der Waals surface area contributed by atoms with E-state index in [1.54, 1.807) is 0 Å². The Bertz CT molecular complexity index is 1310. The molecular formula is C21H15N5O3S. The van der Waals surface area contributed by atoms with Crippen molar-refractivity contribution in [1.29, 1.82) is 5.26 Å². The van der Waals surface area contributed by atoms with Gasteiger partial charge in [-0.15, -0.1) is 11.3 Å². The van der Waals surface area contributed by atoms with Gasteiger partial charge in [0.05, 0.1) is 28.3 Å². The number of nitro benzene ring substituents is 1. The van der Waals surface area contributed by atoms with Gasteiger partial charge in [0.25, 0.3) is 5.69 Å². The number of nitriles is 1. The maximum Gasteiger partial charge on any atom is 0.270 e. The van der Waals surface area contributed by atoms with E-state index in [0.29, 0.717) is 0 Å². The fourth-order valence-electron chi connectivity index (χ4n) is 3.03. The molecule has 0 spiro atoms. The SMILES string of the molecule is Cc1ccc(-c2cn3c(CC(=O)Nc4ccc([N+](=O)[O-])cc4C#N)csc3n2)cc1. The van der Waals surface area contributed by atoms with Crippen molar-refractivity contribution in [3.63, 3.8) is 0 Å². The number of benzene rings is 2. The Balaban J connectivity index is 1.54. The van der Waals surface area contributed by atoms with Crippen LogP contribution in [0.25, 0.3) is 16.2 Å². The van der Waals surface area contributed by atoms with Crippen molar-refractivity contribution in [2.24, 2.45) is 0 Å². The van der Waals surface area contributed by atoms with E-state index in [1.807, 2.05) is 53.2 Å². The summed E-state index contributed by atoms with van der Waals surface area (Å²) in [6.07, 6.45) is 1.97. The van der Waals surface area contributed by atoms with E-state index < -0.39 is 4.92 Å². The molecule has 0 saturated heterocycles. The fraction of sp³-hybridized carbons (Fsp3) is 0.0952. The normalized spacial score (nSPS) is 10.7. The molecule has 0 atom stereocenters. The average molecular weight is 417 g/mol. The van der Waals surface area contributed by atoms with E-state index in [0.717, 1.165) is 28.0 Å². The number of nitrogens with one attached hydrogen (secondary N) is 1. The molecule has 30 heavy (non-hydrogen) atoms. The first-order valence-electron chi connectivity index (χ1n) is 8.95. The van der Waals surface area contributed by atoms with Crippen LogP contribution in [0.15, 0.2) is 54.0 Å². The summed E-state index contributed by atoms with van der Waals surface area (Å²) < 4.78 is 1.88. The molecule has 2 aromatic heterocycles. The van der Waals surface area contributed by atoms with Crippen molar-refractivity contribution >= 4 is 33.6 Å². The van der Waals surface area contributed by atoms with Crippen molar-refractivity contribution in [2.45, 2.75) is 13.3 Å². The minimum absolute atomic E-state index is 0.0392. The van der Waals surface area contributed by atoms with Crippen LogP contribution in [0.2, 0.25) is 0 Å². The number of amides is 1. The van der Waals surface area contributed by atoms with E-state index in [1.165, 1.54) is 29.0 Å². The number of carbonyl (C=O) groups is 1. The first kappa shape index (κ1) is 19.3. The third-order valence-corrected chi connectivity index (χ3v) is 5.47. The van der Waals surface area contributed by atoms with Gasteiger partial charge in [0.15, 0.2) is 4.96 Å². The number of thiazole rings is 1. The number of aromatic nitrogens is 2. The van der Waals surface area contributed by atoms with E-state index >= 15 is 0 Å². The van der Waals surface area contributed by atoms with Crippen LogP contribution >= 0.6 is 11.3 Å². The lowest BCUT2D eigenvalue weighted by molar-refractivity contribution is -0.384. The molecule has 4 rings (SSSR count). The van der Waals surface area contributed by atoms with E-state index in [-0.39, 0.29) is 29.3 Å². The maximum atomic E-state index is 12.5. The Morgan fingerprint density at radius 1 is 1.30 bits per heavy atom. The molecule has 0 fully saturated rings. The lowest BCUT2D eigenvalue weighted by Crippen LogP contribution is -2.16. The zero-order chi connectivity index (χ0) is 21.3. The summed E-state index contributed by atoms with van der Waals surface area (Å²) in [5.74, 6) is -0.328. The number of hydrogen-bond donors (Lipinski definition) is 1. The molecule has 1 amide bonds. The van der Waals surface area contributed by atoms with Gasteiger partial charge in [-0.25, -0.2) is 4.98 Å². The van der Waals surface area contributed by atoms with Crippen LogP contribution in [0.3, 0.4) is 0 Å². The number of imidazole rings is 1. The highest BCUT2D eigenvalue weighted by Gasteiger charge is 2.15. The smallest absolute Gasteiger partial charge is 0.270 e. The quantitative estimate of drug-likeness (QED) is 0.383. The third-order valence-electron chi connectivity index (χ3n) is 4.58. The van der Waals surface area contributed by atoms with Gasteiger partial charge in [-0.2, -0.15) is 5.26 Å². The van der Waals surface area contributed by atoms with Gasteiger partial charge in [-0.1, -0.05) is 29.8 Å². The topological polar surface area (TPSA) is 113 Å². The van der Waals surface area contributed by atoms with Gasteiger partial charge in [-0.3, -0.25) is 19.3 Å². The first-order valence-corrected chi connectivity index (χ1v) is 9.83. The number of nitrogens with zero attached hydrogens (tertiary/aromatic N) is 4. The van der Waals surface area contributed by atoms with Gasteiger partial charge in [-0.05, 0) is 13.0 Å². The van der Waals surface area contributed by atoms with Crippen molar-refractivity contribution in [1.82, 2.24) is 9.38 Å². The first-order chi connectivity index (χ1) is 14.4. The minimum Gasteiger partial charge on any atom is -0.325 e. The summed E-state index contributed by atoms with van der Waals surface area (Å²) in [6.45, 7) is 2.02. The van der Waals surface area contributed by atoms with Gasteiger partial charge in [0.1, 0.15) is 6.07 Å². The summed E-state index contributed by atoms with van der Waals surface area (Å²) in [7, 11) is 0. The molecule has 9 heteroatoms. The molecule has 8 nitrogen and oxygen atoms in total. The minimum atomic E-state index is -0.584. The summed E-state index contributed by atoms with van der Waals surface area (Å²) in [6, 6.07) is 13.7. The predicted octanol–water partition coefficient (Wildman–Crippen LogP) is 4.33. The number of hydrogen-bond acceptors (Lipinski definition) is 6. The van der Waals surface area contributed by atoms with Gasteiger partial charge in [0, 0.05) is 35.0 Å². The standard InChI is InChI=1S/C21H15N5O3S/c1-13-2-4-14(5-3-13)19-11-25-17(12-30-21(25)24-19)9-20(27)23-18-7-6-16(26(28)29)8-15(18)10-22/h2-8,11-12H,9H2,1H3,(H,23,27). The van der Waals surface area contributed by atoms with Crippen LogP contribution in [0.1, 0.15) is 16.8 Å². The highest BCUT2D eigenvalue weighted by molar-refractivity contribution is 7.15. The number of rotatable bonds is 5. The number of carbonyl (C=O) groups excluding carboxylic acids is 1. The van der Waals surface area contributed by atoms with Crippen LogP contribution < -0.4 is 5.32 Å². The Hall–Kier alpha value is -4.03. The Morgan fingerprint density at radius 2 is 2.07 bits per heavy atom. The largest absolute Gasteiger partial charge is 0.325 e. The number of fused-ring (bicyclic) bond motifs is 1. The molecule has 148 valence electrons. The summed E-state index contributed by atoms with van der Waals surface area (Å²) >= 11 is 1.44. The highest BCUT2D eigenvalue weighted by atomic mass is 32.1. The second-order valence-corrected chi connectivity index (χ2v) is 7.53. The molecule has 0 aliphatic rings. The number of anilines is 1. The molecule has 0 radical (unpaired) electrons. The second kappa shape index (κ2) is 7.77. The molecule has 0 unspecified atom stereocenters. The Kier molecular flexibility index (Phi) is 5.00. The lowest BCUT2D eigenvalue weighted by atomic mass is 10.1. The molecule has 0 aliphatic carbocycles. The monoisotopic (exact) mass is 417 g/mol. The predicted molar refractivity (Wildman–Crippen MR) is 113 cm³/mol. The van der Waals surface area contributed by atoms with Crippen molar-refractivity contribution < 1.29 is 9.72 Å². The molecule has 4 aromatic rings. The summed E-state index contributed by atoms with van der Waals surface area (Å²) in [5.41, 5.74) is 3.83. The van der Waals surface area contributed by atoms with Crippen LogP contribution in [0.4, 0.5) is 11.4 Å². The van der Waals surface area contributed by atoms with Crippen LogP contribution in [0.5, 0.6) is 0 Å². The molecule has 0 saturated carbocycles. The highest BCUT2D eigenvalue weighted by Crippen LogP contribution is 2.25. The lowest BCUT2D eigenvalue weighted by Gasteiger charge is -2.06. The third kappa shape index (κ3) is 3.76. The maximum absolute atomic E-state index is 12.5. The zero-order valence-corrected chi connectivity index (χ0v) is 16.6. The fourth-order valence-corrected chi connectivity index (χ4v) is 3.90. The van der Waals surface area contributed by atoms with E-state index in [9.17, 15) is 20.2 Å². The zero-order valence-electron chi connectivity index (χ0n) is 15.8. The molecule has 0 aliphatic heterocycles. The van der Waals surface area contributed by atoms with Crippen LogP contribution in [0, 0.1) is 28.4 Å². The number of non-ortho nitro benzene ring substituents is 1. The average Bonchev–Trinajstić information content (AvgIpc) is 3.30. The van der Waals surface area contributed by atoms with Gasteiger partial charge < -0.3 is 5.32 Å². The molecule has 2 heterocycles. The molecule has 2 aromatic carbocycles. The summed E-state index contributed by atoms with van der Waals surface area (Å²) in [5, 5.41) is 24.6. The molecule has 0 bridgehead atoms. The van der Waals surface area contributed by atoms with Crippen molar-refractivity contribution in [2.75, 3.05) is 5.32 Å². The molecule has 1 N–H and O–H groups in total. The second-order valence-electron chi connectivity index (χ2n) is 6.70. The van der Waals surface area contributed by atoms with Gasteiger partial charge >= 0.3 is 0 Å². The summed E-state index contributed by atoms with van der Waals surface area (Å²) in [4.78, 5) is 28.2. The van der Waals surface area contributed by atoms with Crippen molar-refractivity contribution in [3.05, 3.63) is 81.0 Å². The van der Waals surface area contributed by atoms with E-state index in [4.69, 9.17) is 0 Å². The van der Waals surface area contributed by atoms with Crippen LogP contribution in [-0.4, -0.2) is 20.2 Å². The number of nitro groups is 1. The molecular weight excluding hydrogens is 402 g/mol. The van der Waals surface area contributed by atoms with Crippen molar-refractivity contribution in [3.8, 4) is 17.3 Å². The van der Waals surface area contributed by atoms with Crippen LogP contribution in [-0.2, 0) is 11.2 Å². The Morgan fingerprint density at radius 3 is 2.77 bits per heavy atom.